The highest BCUT2D eigenvalue weighted by molar-refractivity contribution is 7.89. The Morgan fingerprint density at radius 3 is 2.19 bits per heavy atom. The molecule has 0 aromatic heterocycles. The van der Waals surface area contributed by atoms with E-state index in [0.29, 0.717) is 0 Å². The minimum atomic E-state index is -3.42. The lowest BCUT2D eigenvalue weighted by Gasteiger charge is -2.18. The first kappa shape index (κ1) is 15.4. The Morgan fingerprint density at radius 1 is 1.25 bits per heavy atom. The van der Waals surface area contributed by atoms with E-state index in [2.05, 4.69) is 4.72 Å². The summed E-state index contributed by atoms with van der Waals surface area (Å²) in [5.41, 5.74) is 5.14. The number of hydrogen-bond acceptors (Lipinski definition) is 3. The number of rotatable bonds is 4. The minimum Gasteiger partial charge on any atom is -0.324 e. The average Bonchev–Trinajstić information content (AvgIpc) is 2.16. The number of benzene rings is 1. The van der Waals surface area contributed by atoms with Crippen molar-refractivity contribution in [2.75, 3.05) is 6.54 Å². The van der Waals surface area contributed by atoms with Crippen LogP contribution in [0.5, 0.6) is 0 Å². The predicted octanol–water partition coefficient (Wildman–Crippen LogP) is 1.12. The van der Waals surface area contributed by atoms with Crippen LogP contribution in [0.4, 0.5) is 0 Å². The number of nitrogens with one attached hydrogen (secondary N) is 1. The molecule has 92 valence electrons. The lowest BCUT2D eigenvalue weighted by molar-refractivity contribution is 0.498. The van der Waals surface area contributed by atoms with Crippen LogP contribution in [0.15, 0.2) is 35.2 Å². The van der Waals surface area contributed by atoms with Gasteiger partial charge in [0, 0.05) is 12.1 Å². The van der Waals surface area contributed by atoms with Gasteiger partial charge in [-0.25, -0.2) is 13.1 Å². The molecule has 1 rings (SSSR count). The van der Waals surface area contributed by atoms with Gasteiger partial charge in [0.15, 0.2) is 0 Å². The minimum absolute atomic E-state index is 0. The summed E-state index contributed by atoms with van der Waals surface area (Å²) in [6, 6.07) is 8.23. The summed E-state index contributed by atoms with van der Waals surface area (Å²) in [4.78, 5) is 0.259. The molecule has 0 bridgehead atoms. The van der Waals surface area contributed by atoms with Gasteiger partial charge in [-0.2, -0.15) is 0 Å². The van der Waals surface area contributed by atoms with Crippen LogP contribution in [0.2, 0.25) is 0 Å². The number of halogens is 1. The van der Waals surface area contributed by atoms with Crippen molar-refractivity contribution >= 4 is 22.4 Å². The zero-order valence-electron chi connectivity index (χ0n) is 9.30. The third-order valence-electron chi connectivity index (χ3n) is 1.77. The van der Waals surface area contributed by atoms with Crippen molar-refractivity contribution in [3.8, 4) is 0 Å². The maximum absolute atomic E-state index is 11.7. The molecule has 0 amide bonds. The monoisotopic (exact) mass is 264 g/mol. The second kappa shape index (κ2) is 5.63. The van der Waals surface area contributed by atoms with Crippen molar-refractivity contribution in [3.63, 3.8) is 0 Å². The van der Waals surface area contributed by atoms with Crippen LogP contribution in [0.25, 0.3) is 0 Å². The lowest BCUT2D eigenvalue weighted by atomic mass is 10.1. The largest absolute Gasteiger partial charge is 0.324 e. The third-order valence-corrected chi connectivity index (χ3v) is 3.19. The molecule has 0 radical (unpaired) electrons. The molecule has 3 N–H and O–H groups in total. The van der Waals surface area contributed by atoms with E-state index in [4.69, 9.17) is 5.73 Å². The fraction of sp³-hybridized carbons (Fsp3) is 0.400. The molecule has 0 saturated heterocycles. The van der Waals surface area contributed by atoms with Gasteiger partial charge in [0.1, 0.15) is 0 Å². The Morgan fingerprint density at radius 2 is 1.75 bits per heavy atom. The molecule has 1 aromatic carbocycles. The smallest absolute Gasteiger partial charge is 0.240 e. The van der Waals surface area contributed by atoms with Crippen LogP contribution in [0, 0.1) is 0 Å². The zero-order chi connectivity index (χ0) is 11.5. The molecule has 6 heteroatoms. The normalized spacial score (nSPS) is 11.9. The fourth-order valence-electron chi connectivity index (χ4n) is 0.964. The zero-order valence-corrected chi connectivity index (χ0v) is 10.9. The Balaban J connectivity index is 0.00000225. The van der Waals surface area contributed by atoms with Crippen molar-refractivity contribution in [2.45, 2.75) is 24.3 Å². The summed E-state index contributed by atoms with van der Waals surface area (Å²) in [6.07, 6.45) is 0. The summed E-state index contributed by atoms with van der Waals surface area (Å²) < 4.78 is 25.9. The molecule has 0 atom stereocenters. The van der Waals surface area contributed by atoms with Crippen LogP contribution in [0.3, 0.4) is 0 Å². The SMILES string of the molecule is CC(C)(N)CNS(=O)(=O)c1ccccc1.Cl. The van der Waals surface area contributed by atoms with Gasteiger partial charge in [0.05, 0.1) is 4.90 Å². The van der Waals surface area contributed by atoms with Crippen molar-refractivity contribution in [1.29, 1.82) is 0 Å². The summed E-state index contributed by atoms with van der Waals surface area (Å²) in [5, 5.41) is 0. The Hall–Kier alpha value is -0.620. The first-order valence-corrected chi connectivity index (χ1v) is 6.13. The molecule has 0 fully saturated rings. The van der Waals surface area contributed by atoms with Crippen molar-refractivity contribution in [2.24, 2.45) is 5.73 Å². The van der Waals surface area contributed by atoms with Gasteiger partial charge in [0.25, 0.3) is 0 Å². The second-order valence-corrected chi connectivity index (χ2v) is 5.89. The molecule has 4 nitrogen and oxygen atoms in total. The highest BCUT2D eigenvalue weighted by Crippen LogP contribution is 2.07. The van der Waals surface area contributed by atoms with E-state index >= 15 is 0 Å². The van der Waals surface area contributed by atoms with Gasteiger partial charge in [-0.1, -0.05) is 18.2 Å². The van der Waals surface area contributed by atoms with E-state index in [-0.39, 0.29) is 23.8 Å². The number of sulfonamides is 1. The maximum atomic E-state index is 11.7. The van der Waals surface area contributed by atoms with Crippen LogP contribution >= 0.6 is 12.4 Å². The Bertz CT molecular complexity index is 412. The van der Waals surface area contributed by atoms with Crippen molar-refractivity contribution in [3.05, 3.63) is 30.3 Å². The van der Waals surface area contributed by atoms with E-state index in [0.717, 1.165) is 0 Å². The third kappa shape index (κ3) is 4.94. The number of hydrogen-bond donors (Lipinski definition) is 2. The summed E-state index contributed by atoms with van der Waals surface area (Å²) in [7, 11) is -3.42. The molecule has 0 aliphatic carbocycles. The van der Waals surface area contributed by atoms with E-state index in [1.54, 1.807) is 44.2 Å². The summed E-state index contributed by atoms with van der Waals surface area (Å²) in [6.45, 7) is 3.74. The molecule has 0 saturated carbocycles. The maximum Gasteiger partial charge on any atom is 0.240 e. The van der Waals surface area contributed by atoms with Gasteiger partial charge in [-0.3, -0.25) is 0 Å². The molecular weight excluding hydrogens is 248 g/mol. The highest BCUT2D eigenvalue weighted by atomic mass is 35.5. The first-order valence-electron chi connectivity index (χ1n) is 4.65. The number of nitrogens with two attached hydrogens (primary N) is 1. The lowest BCUT2D eigenvalue weighted by Crippen LogP contribution is -2.45. The van der Waals surface area contributed by atoms with Crippen LogP contribution in [0.1, 0.15) is 13.8 Å². The van der Waals surface area contributed by atoms with Gasteiger partial charge in [-0.05, 0) is 26.0 Å². The Kier molecular flexibility index (Phi) is 5.41. The molecule has 0 aliphatic heterocycles. The van der Waals surface area contributed by atoms with Crippen molar-refractivity contribution in [1.82, 2.24) is 4.72 Å². The molecule has 0 unspecified atom stereocenters. The van der Waals surface area contributed by atoms with Crippen LogP contribution < -0.4 is 10.5 Å². The predicted molar refractivity (Wildman–Crippen MR) is 67.1 cm³/mol. The molecule has 0 heterocycles. The second-order valence-electron chi connectivity index (χ2n) is 4.13. The van der Waals surface area contributed by atoms with E-state index in [1.807, 2.05) is 0 Å². The molecule has 0 aliphatic rings. The molecular formula is C10H17ClN2O2S. The van der Waals surface area contributed by atoms with E-state index < -0.39 is 15.6 Å². The fourth-order valence-corrected chi connectivity index (χ4v) is 2.21. The summed E-state index contributed by atoms with van der Waals surface area (Å²) >= 11 is 0. The van der Waals surface area contributed by atoms with Crippen LogP contribution in [-0.4, -0.2) is 20.5 Å². The molecule has 1 aromatic rings. The topological polar surface area (TPSA) is 72.2 Å². The van der Waals surface area contributed by atoms with E-state index in [1.165, 1.54) is 0 Å². The standard InChI is InChI=1S/C10H16N2O2S.ClH/c1-10(2,11)8-12-15(13,14)9-6-4-3-5-7-9;/h3-7,12H,8,11H2,1-2H3;1H. The quantitative estimate of drug-likeness (QED) is 0.856. The average molecular weight is 265 g/mol. The van der Waals surface area contributed by atoms with Gasteiger partial charge < -0.3 is 5.73 Å². The molecule has 0 spiro atoms. The van der Waals surface area contributed by atoms with Crippen LogP contribution in [-0.2, 0) is 10.0 Å². The molecule has 16 heavy (non-hydrogen) atoms. The van der Waals surface area contributed by atoms with Crippen molar-refractivity contribution < 1.29 is 8.42 Å². The van der Waals surface area contributed by atoms with Gasteiger partial charge in [0.2, 0.25) is 10.0 Å². The first-order chi connectivity index (χ1) is 6.81. The summed E-state index contributed by atoms with van der Waals surface area (Å²) in [5.74, 6) is 0. The van der Waals surface area contributed by atoms with E-state index in [9.17, 15) is 8.42 Å². The van der Waals surface area contributed by atoms with Gasteiger partial charge >= 0.3 is 0 Å². The Labute approximate surface area is 103 Å². The van der Waals surface area contributed by atoms with Gasteiger partial charge in [-0.15, -0.1) is 12.4 Å². The highest BCUT2D eigenvalue weighted by Gasteiger charge is 2.17.